The van der Waals surface area contributed by atoms with Crippen molar-refractivity contribution in [1.29, 1.82) is 0 Å². The van der Waals surface area contributed by atoms with Gasteiger partial charge in [-0.2, -0.15) is 0 Å². The molecule has 0 bridgehead atoms. The van der Waals surface area contributed by atoms with E-state index in [1.165, 1.54) is 0 Å². The Morgan fingerprint density at radius 2 is 2.29 bits per heavy atom. The molecular weight excluding hydrogens is 244 g/mol. The molecular formula is C11H11BrO2. The minimum atomic E-state index is 0.548. The van der Waals surface area contributed by atoms with Crippen molar-refractivity contribution in [2.24, 2.45) is 0 Å². The van der Waals surface area contributed by atoms with Crippen molar-refractivity contribution in [1.82, 2.24) is 0 Å². The van der Waals surface area contributed by atoms with Crippen LogP contribution in [0.2, 0.25) is 0 Å². The van der Waals surface area contributed by atoms with Gasteiger partial charge in [-0.15, -0.1) is 6.58 Å². The quantitative estimate of drug-likeness (QED) is 0.458. The summed E-state index contributed by atoms with van der Waals surface area (Å²) in [4.78, 5) is 10.7. The van der Waals surface area contributed by atoms with E-state index in [4.69, 9.17) is 4.74 Å². The number of carbonyl (C=O) groups is 1. The Balaban J connectivity index is 2.74. The highest BCUT2D eigenvalue weighted by Gasteiger charge is 2.02. The molecule has 0 atom stereocenters. The van der Waals surface area contributed by atoms with Crippen molar-refractivity contribution in [2.75, 3.05) is 6.61 Å². The first-order chi connectivity index (χ1) is 6.77. The molecule has 3 heteroatoms. The maximum Gasteiger partial charge on any atom is 0.153 e. The maximum absolute atomic E-state index is 10.7. The highest BCUT2D eigenvalue weighted by molar-refractivity contribution is 9.10. The largest absolute Gasteiger partial charge is 0.493 e. The number of benzene rings is 1. The summed E-state index contributed by atoms with van der Waals surface area (Å²) in [6.07, 6.45) is 3.34. The fourth-order valence-electron chi connectivity index (χ4n) is 0.995. The van der Waals surface area contributed by atoms with E-state index in [-0.39, 0.29) is 0 Å². The van der Waals surface area contributed by atoms with Crippen LogP contribution in [-0.2, 0) is 0 Å². The number of halogens is 1. The van der Waals surface area contributed by atoms with Gasteiger partial charge in [-0.3, -0.25) is 4.79 Å². The van der Waals surface area contributed by atoms with Crippen LogP contribution in [0.4, 0.5) is 0 Å². The van der Waals surface area contributed by atoms with E-state index < -0.39 is 0 Å². The van der Waals surface area contributed by atoms with Gasteiger partial charge in [0.25, 0.3) is 0 Å². The summed E-state index contributed by atoms with van der Waals surface area (Å²) in [6, 6.07) is 5.35. The Morgan fingerprint density at radius 3 is 2.93 bits per heavy atom. The molecule has 1 rings (SSSR count). The zero-order chi connectivity index (χ0) is 10.4. The van der Waals surface area contributed by atoms with Gasteiger partial charge in [0.1, 0.15) is 5.75 Å². The predicted molar refractivity (Wildman–Crippen MR) is 59.8 cm³/mol. The smallest absolute Gasteiger partial charge is 0.153 e. The molecule has 0 aliphatic carbocycles. The van der Waals surface area contributed by atoms with E-state index in [1.807, 2.05) is 6.07 Å². The van der Waals surface area contributed by atoms with Crippen LogP contribution in [0.3, 0.4) is 0 Å². The molecule has 0 radical (unpaired) electrons. The topological polar surface area (TPSA) is 26.3 Å². The second-order valence-electron chi connectivity index (χ2n) is 2.73. The summed E-state index contributed by atoms with van der Waals surface area (Å²) in [5.74, 6) is 0.616. The van der Waals surface area contributed by atoms with Gasteiger partial charge in [-0.05, 0) is 24.6 Å². The molecule has 14 heavy (non-hydrogen) atoms. The number of hydrogen-bond donors (Lipinski definition) is 0. The minimum Gasteiger partial charge on any atom is -0.493 e. The van der Waals surface area contributed by atoms with Crippen LogP contribution in [-0.4, -0.2) is 12.9 Å². The molecule has 0 aromatic heterocycles. The number of ether oxygens (including phenoxy) is 1. The molecule has 0 spiro atoms. The minimum absolute atomic E-state index is 0.548. The Hall–Kier alpha value is -1.09. The number of rotatable bonds is 5. The summed E-state index contributed by atoms with van der Waals surface area (Å²) >= 11 is 3.29. The van der Waals surface area contributed by atoms with Gasteiger partial charge in [-0.25, -0.2) is 0 Å². The lowest BCUT2D eigenvalue weighted by Crippen LogP contribution is -1.98. The van der Waals surface area contributed by atoms with E-state index in [0.29, 0.717) is 17.9 Å². The average molecular weight is 255 g/mol. The van der Waals surface area contributed by atoms with Crippen LogP contribution in [0.1, 0.15) is 16.8 Å². The standard InChI is InChI=1S/C11H11BrO2/c1-2-3-6-14-11-5-4-10(12)7-9(11)8-13/h2,4-5,7-8H,1,3,6H2. The lowest BCUT2D eigenvalue weighted by molar-refractivity contribution is 0.111. The highest BCUT2D eigenvalue weighted by Crippen LogP contribution is 2.21. The first-order valence-electron chi connectivity index (χ1n) is 4.26. The Labute approximate surface area is 91.7 Å². The van der Waals surface area contributed by atoms with Crippen molar-refractivity contribution >= 4 is 22.2 Å². The third-order valence-electron chi connectivity index (χ3n) is 1.68. The van der Waals surface area contributed by atoms with E-state index in [0.717, 1.165) is 17.2 Å². The zero-order valence-corrected chi connectivity index (χ0v) is 9.29. The molecule has 0 amide bonds. The van der Waals surface area contributed by atoms with Gasteiger partial charge >= 0.3 is 0 Å². The van der Waals surface area contributed by atoms with E-state index >= 15 is 0 Å². The second kappa shape index (κ2) is 5.60. The number of aldehydes is 1. The average Bonchev–Trinajstić information content (AvgIpc) is 2.20. The highest BCUT2D eigenvalue weighted by atomic mass is 79.9. The molecule has 1 aromatic carbocycles. The molecule has 2 nitrogen and oxygen atoms in total. The van der Waals surface area contributed by atoms with Gasteiger partial charge < -0.3 is 4.74 Å². The van der Waals surface area contributed by atoms with E-state index in [1.54, 1.807) is 18.2 Å². The molecule has 0 saturated heterocycles. The van der Waals surface area contributed by atoms with Gasteiger partial charge in [0.15, 0.2) is 6.29 Å². The van der Waals surface area contributed by atoms with Crippen LogP contribution >= 0.6 is 15.9 Å². The van der Waals surface area contributed by atoms with Crippen molar-refractivity contribution in [3.05, 3.63) is 40.9 Å². The monoisotopic (exact) mass is 254 g/mol. The number of hydrogen-bond acceptors (Lipinski definition) is 2. The Bertz CT molecular complexity index is 334. The summed E-state index contributed by atoms with van der Waals surface area (Å²) in [5.41, 5.74) is 0.559. The second-order valence-corrected chi connectivity index (χ2v) is 3.64. The maximum atomic E-state index is 10.7. The van der Waals surface area contributed by atoms with Crippen LogP contribution < -0.4 is 4.74 Å². The van der Waals surface area contributed by atoms with Gasteiger partial charge in [-0.1, -0.05) is 22.0 Å². The molecule has 0 aliphatic heterocycles. The molecule has 0 N–H and O–H groups in total. The molecule has 74 valence electrons. The SMILES string of the molecule is C=CCCOc1ccc(Br)cc1C=O. The third kappa shape index (κ3) is 3.00. The van der Waals surface area contributed by atoms with E-state index in [9.17, 15) is 4.79 Å². The molecule has 0 saturated carbocycles. The van der Waals surface area contributed by atoms with Crippen LogP contribution in [0.25, 0.3) is 0 Å². The van der Waals surface area contributed by atoms with Crippen molar-refractivity contribution in [3.8, 4) is 5.75 Å². The van der Waals surface area contributed by atoms with Crippen molar-refractivity contribution < 1.29 is 9.53 Å². The molecule has 0 heterocycles. The molecule has 0 unspecified atom stereocenters. The van der Waals surface area contributed by atoms with Crippen molar-refractivity contribution in [2.45, 2.75) is 6.42 Å². The van der Waals surface area contributed by atoms with E-state index in [2.05, 4.69) is 22.5 Å². The zero-order valence-electron chi connectivity index (χ0n) is 7.70. The van der Waals surface area contributed by atoms with Crippen molar-refractivity contribution in [3.63, 3.8) is 0 Å². The summed E-state index contributed by atoms with van der Waals surface area (Å²) in [7, 11) is 0. The third-order valence-corrected chi connectivity index (χ3v) is 2.17. The fourth-order valence-corrected chi connectivity index (χ4v) is 1.37. The predicted octanol–water partition coefficient (Wildman–Crippen LogP) is 3.22. The van der Waals surface area contributed by atoms with Crippen LogP contribution in [0, 0.1) is 0 Å². The first kappa shape index (κ1) is 11.0. The Kier molecular flexibility index (Phi) is 4.40. The van der Waals surface area contributed by atoms with Gasteiger partial charge in [0.2, 0.25) is 0 Å². The summed E-state index contributed by atoms with van der Waals surface area (Å²) < 4.78 is 6.27. The van der Waals surface area contributed by atoms with Crippen LogP contribution in [0.5, 0.6) is 5.75 Å². The summed E-state index contributed by atoms with van der Waals surface area (Å²) in [6.45, 7) is 4.14. The lowest BCUT2D eigenvalue weighted by Gasteiger charge is -2.06. The lowest BCUT2D eigenvalue weighted by atomic mass is 10.2. The Morgan fingerprint density at radius 1 is 1.50 bits per heavy atom. The molecule has 1 aromatic rings. The van der Waals surface area contributed by atoms with Gasteiger partial charge in [0.05, 0.1) is 12.2 Å². The summed E-state index contributed by atoms with van der Waals surface area (Å²) in [5, 5.41) is 0. The molecule has 0 aliphatic rings. The molecule has 0 fully saturated rings. The normalized spacial score (nSPS) is 9.50. The van der Waals surface area contributed by atoms with Crippen LogP contribution in [0.15, 0.2) is 35.3 Å². The fraction of sp³-hybridized carbons (Fsp3) is 0.182. The van der Waals surface area contributed by atoms with Gasteiger partial charge in [0, 0.05) is 4.47 Å². The first-order valence-corrected chi connectivity index (χ1v) is 5.05. The number of carbonyl (C=O) groups excluding carboxylic acids is 1.